The predicted molar refractivity (Wildman–Crippen MR) is 93.3 cm³/mol. The van der Waals surface area contributed by atoms with Crippen LogP contribution in [-0.4, -0.2) is 5.91 Å². The molecule has 0 atom stereocenters. The maximum Gasteiger partial charge on any atom is 0.248 e. The first-order valence-corrected chi connectivity index (χ1v) is 7.58. The van der Waals surface area contributed by atoms with Gasteiger partial charge in [0.1, 0.15) is 0 Å². The van der Waals surface area contributed by atoms with Gasteiger partial charge in [-0.15, -0.1) is 0 Å². The van der Waals surface area contributed by atoms with Crippen molar-refractivity contribution >= 4 is 63.5 Å². The van der Waals surface area contributed by atoms with E-state index < -0.39 is 0 Å². The van der Waals surface area contributed by atoms with E-state index >= 15 is 0 Å². The maximum absolute atomic E-state index is 11.8. The SMILES string of the molecule is O=C(C=Cc1c(Cl)cccc1Cl)Nc1ccc(I)cc1. The summed E-state index contributed by atoms with van der Waals surface area (Å²) in [6.45, 7) is 0. The second-order valence-electron chi connectivity index (χ2n) is 3.96. The van der Waals surface area contributed by atoms with Crippen molar-refractivity contribution in [2.45, 2.75) is 0 Å². The highest BCUT2D eigenvalue weighted by molar-refractivity contribution is 14.1. The molecule has 2 aromatic rings. The zero-order valence-corrected chi connectivity index (χ0v) is 13.9. The lowest BCUT2D eigenvalue weighted by Crippen LogP contribution is -2.07. The fourth-order valence-electron chi connectivity index (χ4n) is 1.55. The largest absolute Gasteiger partial charge is 0.323 e. The van der Waals surface area contributed by atoms with Gasteiger partial charge >= 0.3 is 0 Å². The summed E-state index contributed by atoms with van der Waals surface area (Å²) in [4.78, 5) is 11.8. The summed E-state index contributed by atoms with van der Waals surface area (Å²) in [6, 6.07) is 12.7. The summed E-state index contributed by atoms with van der Waals surface area (Å²) < 4.78 is 1.11. The van der Waals surface area contributed by atoms with Crippen LogP contribution >= 0.6 is 45.8 Å². The molecule has 1 amide bonds. The molecule has 0 aliphatic heterocycles. The zero-order valence-electron chi connectivity index (χ0n) is 10.2. The van der Waals surface area contributed by atoms with Gasteiger partial charge in [-0.1, -0.05) is 29.3 Å². The summed E-state index contributed by atoms with van der Waals surface area (Å²) in [7, 11) is 0. The highest BCUT2D eigenvalue weighted by atomic mass is 127. The number of benzene rings is 2. The Kier molecular flexibility index (Phi) is 5.46. The number of carbonyl (C=O) groups is 1. The first kappa shape index (κ1) is 15.4. The fourth-order valence-corrected chi connectivity index (χ4v) is 2.43. The van der Waals surface area contributed by atoms with E-state index in [4.69, 9.17) is 23.2 Å². The molecule has 0 fully saturated rings. The average molecular weight is 418 g/mol. The van der Waals surface area contributed by atoms with E-state index in [0.717, 1.165) is 9.26 Å². The number of anilines is 1. The van der Waals surface area contributed by atoms with Crippen molar-refractivity contribution in [3.05, 3.63) is 67.7 Å². The van der Waals surface area contributed by atoms with E-state index in [-0.39, 0.29) is 5.91 Å². The van der Waals surface area contributed by atoms with Gasteiger partial charge in [0.05, 0.1) is 0 Å². The molecule has 0 aromatic heterocycles. The molecular weight excluding hydrogens is 408 g/mol. The van der Waals surface area contributed by atoms with Crippen LogP contribution in [0.25, 0.3) is 6.08 Å². The van der Waals surface area contributed by atoms with Crippen LogP contribution in [0, 0.1) is 3.57 Å². The summed E-state index contributed by atoms with van der Waals surface area (Å²) in [5.41, 5.74) is 1.37. The third-order valence-corrected chi connectivity index (χ3v) is 3.89. The average Bonchev–Trinajstić information content (AvgIpc) is 2.41. The number of hydrogen-bond donors (Lipinski definition) is 1. The second-order valence-corrected chi connectivity index (χ2v) is 6.02. The smallest absolute Gasteiger partial charge is 0.248 e. The van der Waals surface area contributed by atoms with E-state index in [1.807, 2.05) is 24.3 Å². The highest BCUT2D eigenvalue weighted by Crippen LogP contribution is 2.25. The minimum atomic E-state index is -0.234. The molecule has 0 unspecified atom stereocenters. The predicted octanol–water partition coefficient (Wildman–Crippen LogP) is 5.25. The molecule has 0 radical (unpaired) electrons. The van der Waals surface area contributed by atoms with Crippen LogP contribution in [0.3, 0.4) is 0 Å². The van der Waals surface area contributed by atoms with Crippen molar-refractivity contribution in [2.24, 2.45) is 0 Å². The van der Waals surface area contributed by atoms with Gasteiger partial charge in [0, 0.05) is 30.9 Å². The van der Waals surface area contributed by atoms with E-state index in [1.54, 1.807) is 24.3 Å². The second kappa shape index (κ2) is 7.11. The van der Waals surface area contributed by atoms with Gasteiger partial charge in [-0.05, 0) is 65.1 Å². The van der Waals surface area contributed by atoms with Crippen LogP contribution in [0.1, 0.15) is 5.56 Å². The molecule has 1 N–H and O–H groups in total. The van der Waals surface area contributed by atoms with Crippen LogP contribution in [0.2, 0.25) is 10.0 Å². The van der Waals surface area contributed by atoms with Gasteiger partial charge in [-0.3, -0.25) is 4.79 Å². The molecule has 2 rings (SSSR count). The van der Waals surface area contributed by atoms with Crippen LogP contribution in [-0.2, 0) is 4.79 Å². The number of nitrogens with one attached hydrogen (secondary N) is 1. The highest BCUT2D eigenvalue weighted by Gasteiger charge is 2.03. The molecule has 0 aliphatic carbocycles. The Balaban J connectivity index is 2.08. The summed E-state index contributed by atoms with van der Waals surface area (Å²) >= 11 is 14.3. The lowest BCUT2D eigenvalue weighted by Gasteiger charge is -2.03. The van der Waals surface area contributed by atoms with Gasteiger partial charge in [0.2, 0.25) is 5.91 Å². The molecule has 2 nitrogen and oxygen atoms in total. The molecule has 102 valence electrons. The van der Waals surface area contributed by atoms with Gasteiger partial charge < -0.3 is 5.32 Å². The van der Waals surface area contributed by atoms with Crippen LogP contribution in [0.15, 0.2) is 48.5 Å². The normalized spacial score (nSPS) is 10.8. The Morgan fingerprint density at radius 2 is 1.65 bits per heavy atom. The van der Waals surface area contributed by atoms with E-state index in [1.165, 1.54) is 6.08 Å². The lowest BCUT2D eigenvalue weighted by molar-refractivity contribution is -0.111. The first-order chi connectivity index (χ1) is 9.56. The van der Waals surface area contributed by atoms with Crippen molar-refractivity contribution in [3.63, 3.8) is 0 Å². The van der Waals surface area contributed by atoms with Crippen LogP contribution in [0.4, 0.5) is 5.69 Å². The first-order valence-electron chi connectivity index (χ1n) is 5.75. The topological polar surface area (TPSA) is 29.1 Å². The van der Waals surface area contributed by atoms with Crippen molar-refractivity contribution in [1.29, 1.82) is 0 Å². The fraction of sp³-hybridized carbons (Fsp3) is 0. The Labute approximate surface area is 140 Å². The van der Waals surface area contributed by atoms with Gasteiger partial charge in [-0.25, -0.2) is 0 Å². The van der Waals surface area contributed by atoms with Crippen molar-refractivity contribution in [2.75, 3.05) is 5.32 Å². The Bertz CT molecular complexity index is 633. The maximum atomic E-state index is 11.8. The Hall–Kier alpha value is -1.04. The molecule has 5 heteroatoms. The number of halogens is 3. The molecule has 0 heterocycles. The summed E-state index contributed by atoms with van der Waals surface area (Å²) in [6.07, 6.45) is 3.01. The quantitative estimate of drug-likeness (QED) is 0.536. The zero-order chi connectivity index (χ0) is 14.5. The summed E-state index contributed by atoms with van der Waals surface area (Å²) in [5.74, 6) is -0.234. The van der Waals surface area contributed by atoms with Gasteiger partial charge in [0.25, 0.3) is 0 Å². The van der Waals surface area contributed by atoms with Crippen molar-refractivity contribution in [3.8, 4) is 0 Å². The minimum absolute atomic E-state index is 0.234. The van der Waals surface area contributed by atoms with Gasteiger partial charge in [0.15, 0.2) is 0 Å². The summed E-state index contributed by atoms with van der Waals surface area (Å²) in [5, 5.41) is 3.78. The number of rotatable bonds is 3. The Morgan fingerprint density at radius 1 is 1.05 bits per heavy atom. The molecule has 0 bridgehead atoms. The third kappa shape index (κ3) is 4.23. The van der Waals surface area contributed by atoms with Gasteiger partial charge in [-0.2, -0.15) is 0 Å². The van der Waals surface area contributed by atoms with Crippen LogP contribution < -0.4 is 5.32 Å². The van der Waals surface area contributed by atoms with Crippen molar-refractivity contribution in [1.82, 2.24) is 0 Å². The molecule has 0 aliphatic rings. The van der Waals surface area contributed by atoms with E-state index in [2.05, 4.69) is 27.9 Å². The lowest BCUT2D eigenvalue weighted by atomic mass is 10.2. The molecule has 0 saturated heterocycles. The number of amides is 1. The number of carbonyl (C=O) groups excluding carboxylic acids is 1. The Morgan fingerprint density at radius 3 is 2.25 bits per heavy atom. The molecule has 20 heavy (non-hydrogen) atoms. The third-order valence-electron chi connectivity index (χ3n) is 2.51. The molecule has 0 spiro atoms. The number of hydrogen-bond acceptors (Lipinski definition) is 1. The van der Waals surface area contributed by atoms with E-state index in [0.29, 0.717) is 15.6 Å². The molecule has 0 saturated carbocycles. The monoisotopic (exact) mass is 417 g/mol. The molecule has 2 aromatic carbocycles. The standard InChI is InChI=1S/C15H10Cl2INO/c16-13-2-1-3-14(17)12(13)8-9-15(20)19-11-6-4-10(18)5-7-11/h1-9H,(H,19,20). The van der Waals surface area contributed by atoms with Crippen LogP contribution in [0.5, 0.6) is 0 Å². The van der Waals surface area contributed by atoms with Crippen molar-refractivity contribution < 1.29 is 4.79 Å². The van der Waals surface area contributed by atoms with E-state index in [9.17, 15) is 4.79 Å². The minimum Gasteiger partial charge on any atom is -0.323 e. The molecular formula is C15H10Cl2INO.